The van der Waals surface area contributed by atoms with Gasteiger partial charge in [0, 0.05) is 12.0 Å². The summed E-state index contributed by atoms with van der Waals surface area (Å²) >= 11 is 0. The number of hydrogen-bond acceptors (Lipinski definition) is 4. The van der Waals surface area contributed by atoms with Crippen LogP contribution in [0.15, 0.2) is 47.5 Å². The molecular weight excluding hydrogens is 254 g/mol. The van der Waals surface area contributed by atoms with Gasteiger partial charge in [0.25, 0.3) is 0 Å². The van der Waals surface area contributed by atoms with E-state index in [4.69, 9.17) is 4.74 Å². The highest BCUT2D eigenvalue weighted by Gasteiger charge is 2.23. The van der Waals surface area contributed by atoms with E-state index in [0.29, 0.717) is 23.6 Å². The zero-order valence-corrected chi connectivity index (χ0v) is 11.0. The number of ether oxygens (including phenoxy) is 1. The Labute approximate surface area is 116 Å². The van der Waals surface area contributed by atoms with Crippen molar-refractivity contribution in [3.05, 3.63) is 53.6 Å². The van der Waals surface area contributed by atoms with E-state index in [9.17, 15) is 9.90 Å². The maximum atomic E-state index is 11.9. The Hall–Kier alpha value is -2.62. The molecule has 1 aliphatic heterocycles. The monoisotopic (exact) mass is 267 g/mol. The van der Waals surface area contributed by atoms with E-state index in [2.05, 4.69) is 4.99 Å². The van der Waals surface area contributed by atoms with Gasteiger partial charge in [-0.15, -0.1) is 0 Å². The van der Waals surface area contributed by atoms with Crippen LogP contribution in [0, 0.1) is 6.92 Å². The molecule has 0 saturated carbocycles. The first kappa shape index (κ1) is 12.4. The number of carbonyl (C=O) groups is 1. The molecule has 0 unspecified atom stereocenters. The molecule has 0 fully saturated rings. The van der Waals surface area contributed by atoms with Crippen molar-refractivity contribution >= 4 is 17.4 Å². The summed E-state index contributed by atoms with van der Waals surface area (Å²) in [5.41, 5.74) is 2.52. The van der Waals surface area contributed by atoms with Gasteiger partial charge < -0.3 is 9.84 Å². The summed E-state index contributed by atoms with van der Waals surface area (Å²) in [5.74, 6) is 0.164. The Kier molecular flexibility index (Phi) is 2.99. The molecule has 0 spiro atoms. The molecule has 100 valence electrons. The Bertz CT molecular complexity index is 719. The van der Waals surface area contributed by atoms with E-state index in [1.54, 1.807) is 18.2 Å². The third kappa shape index (κ3) is 2.28. The number of para-hydroxylation sites is 1. The number of aliphatic imine (C=N–C) groups is 1. The number of hydrogen-bond donors (Lipinski definition) is 1. The van der Waals surface area contributed by atoms with Crippen LogP contribution in [0.25, 0.3) is 0 Å². The maximum absolute atomic E-state index is 11.9. The van der Waals surface area contributed by atoms with E-state index in [1.807, 2.05) is 31.2 Å². The molecule has 2 aromatic rings. The lowest BCUT2D eigenvalue weighted by Gasteiger charge is -2.16. The topological polar surface area (TPSA) is 58.9 Å². The lowest BCUT2D eigenvalue weighted by molar-refractivity contribution is -0.127. The summed E-state index contributed by atoms with van der Waals surface area (Å²) in [6, 6.07) is 12.5. The minimum absolute atomic E-state index is 0.0594. The number of nitrogens with zero attached hydrogens (tertiary/aromatic N) is 1. The summed E-state index contributed by atoms with van der Waals surface area (Å²) < 4.78 is 5.23. The molecule has 0 radical (unpaired) electrons. The van der Waals surface area contributed by atoms with Crippen molar-refractivity contribution in [1.29, 1.82) is 0 Å². The Morgan fingerprint density at radius 1 is 1.20 bits per heavy atom. The third-order valence-electron chi connectivity index (χ3n) is 3.16. The van der Waals surface area contributed by atoms with Gasteiger partial charge in [0.1, 0.15) is 22.9 Å². The van der Waals surface area contributed by atoms with E-state index in [1.165, 1.54) is 0 Å². The predicted molar refractivity (Wildman–Crippen MR) is 75.7 cm³/mol. The summed E-state index contributed by atoms with van der Waals surface area (Å²) in [6.45, 7) is 1.88. The number of aryl methyl sites for hydroxylation is 1. The van der Waals surface area contributed by atoms with Crippen molar-refractivity contribution in [3.8, 4) is 11.5 Å². The molecule has 0 aliphatic carbocycles. The lowest BCUT2D eigenvalue weighted by atomic mass is 10.0. The second kappa shape index (κ2) is 4.81. The van der Waals surface area contributed by atoms with Crippen molar-refractivity contribution in [2.45, 2.75) is 13.3 Å². The largest absolute Gasteiger partial charge is 0.506 e. The molecule has 4 heteroatoms. The normalized spacial score (nSPS) is 15.8. The van der Waals surface area contributed by atoms with Gasteiger partial charge in [-0.1, -0.05) is 24.3 Å². The van der Waals surface area contributed by atoms with Gasteiger partial charge in [-0.05, 0) is 30.7 Å². The van der Waals surface area contributed by atoms with E-state index in [0.717, 1.165) is 11.1 Å². The van der Waals surface area contributed by atoms with Gasteiger partial charge in [0.15, 0.2) is 0 Å². The Balaban J connectivity index is 1.98. The van der Waals surface area contributed by atoms with Crippen LogP contribution < -0.4 is 4.74 Å². The number of phenols is 1. The highest BCUT2D eigenvalue weighted by Crippen LogP contribution is 2.29. The minimum Gasteiger partial charge on any atom is -0.506 e. The summed E-state index contributed by atoms with van der Waals surface area (Å²) in [4.78, 5) is 16.1. The first-order valence-electron chi connectivity index (χ1n) is 6.31. The standard InChI is InChI=1S/C16H13NO3/c1-10-6-7-12(14(18)8-10)17-13-9-11-4-2-3-5-15(11)20-16(13)19/h2-8,18H,9H2,1H3. The van der Waals surface area contributed by atoms with Crippen LogP contribution >= 0.6 is 0 Å². The smallest absolute Gasteiger partial charge is 0.358 e. The van der Waals surface area contributed by atoms with E-state index in [-0.39, 0.29) is 5.75 Å². The first-order chi connectivity index (χ1) is 9.63. The average Bonchev–Trinajstić information content (AvgIpc) is 2.42. The number of esters is 1. The summed E-state index contributed by atoms with van der Waals surface area (Å²) in [5, 5.41) is 9.84. The number of benzene rings is 2. The van der Waals surface area contributed by atoms with Crippen LogP contribution in [0.2, 0.25) is 0 Å². The fourth-order valence-corrected chi connectivity index (χ4v) is 2.12. The molecule has 20 heavy (non-hydrogen) atoms. The van der Waals surface area contributed by atoms with Crippen LogP contribution in [-0.4, -0.2) is 16.8 Å². The van der Waals surface area contributed by atoms with E-state index < -0.39 is 5.97 Å². The molecule has 1 N–H and O–H groups in total. The third-order valence-corrected chi connectivity index (χ3v) is 3.16. The van der Waals surface area contributed by atoms with Crippen molar-refractivity contribution < 1.29 is 14.6 Å². The number of aromatic hydroxyl groups is 1. The Morgan fingerprint density at radius 3 is 2.80 bits per heavy atom. The highest BCUT2D eigenvalue weighted by molar-refractivity contribution is 6.39. The second-order valence-corrected chi connectivity index (χ2v) is 4.72. The van der Waals surface area contributed by atoms with Crippen LogP contribution in [0.3, 0.4) is 0 Å². The van der Waals surface area contributed by atoms with Crippen molar-refractivity contribution in [2.75, 3.05) is 0 Å². The number of rotatable bonds is 1. The maximum Gasteiger partial charge on any atom is 0.358 e. The molecule has 0 bridgehead atoms. The fourth-order valence-electron chi connectivity index (χ4n) is 2.12. The highest BCUT2D eigenvalue weighted by atomic mass is 16.5. The van der Waals surface area contributed by atoms with Gasteiger partial charge in [-0.25, -0.2) is 9.79 Å². The predicted octanol–water partition coefficient (Wildman–Crippen LogP) is 2.93. The second-order valence-electron chi connectivity index (χ2n) is 4.72. The van der Waals surface area contributed by atoms with Gasteiger partial charge in [-0.2, -0.15) is 0 Å². The number of phenolic OH excluding ortho intramolecular Hbond substituents is 1. The van der Waals surface area contributed by atoms with E-state index >= 15 is 0 Å². The van der Waals surface area contributed by atoms with Gasteiger partial charge >= 0.3 is 5.97 Å². The van der Waals surface area contributed by atoms with Crippen LogP contribution in [-0.2, 0) is 11.2 Å². The average molecular weight is 267 g/mol. The molecule has 1 heterocycles. The van der Waals surface area contributed by atoms with Crippen molar-refractivity contribution in [3.63, 3.8) is 0 Å². The summed E-state index contributed by atoms with van der Waals surface area (Å²) in [7, 11) is 0. The molecule has 4 nitrogen and oxygen atoms in total. The minimum atomic E-state index is -0.469. The molecule has 0 saturated heterocycles. The van der Waals surface area contributed by atoms with Crippen LogP contribution in [0.4, 0.5) is 5.69 Å². The van der Waals surface area contributed by atoms with Crippen molar-refractivity contribution in [1.82, 2.24) is 0 Å². The SMILES string of the molecule is Cc1ccc(N=C2Cc3ccccc3OC2=O)c(O)c1. The number of carbonyl (C=O) groups excluding carboxylic acids is 1. The van der Waals surface area contributed by atoms with Crippen molar-refractivity contribution in [2.24, 2.45) is 4.99 Å². The molecule has 0 aromatic heterocycles. The van der Waals surface area contributed by atoms with Gasteiger partial charge in [-0.3, -0.25) is 0 Å². The molecule has 0 amide bonds. The van der Waals surface area contributed by atoms with Gasteiger partial charge in [0.05, 0.1) is 0 Å². The first-order valence-corrected chi connectivity index (χ1v) is 6.31. The molecular formula is C16H13NO3. The quantitative estimate of drug-likeness (QED) is 0.638. The Morgan fingerprint density at radius 2 is 2.00 bits per heavy atom. The van der Waals surface area contributed by atoms with Gasteiger partial charge in [0.2, 0.25) is 0 Å². The zero-order valence-electron chi connectivity index (χ0n) is 11.0. The van der Waals surface area contributed by atoms with Crippen LogP contribution in [0.5, 0.6) is 11.5 Å². The molecule has 3 rings (SSSR count). The molecule has 2 aromatic carbocycles. The molecule has 0 atom stereocenters. The van der Waals surface area contributed by atoms with Crippen LogP contribution in [0.1, 0.15) is 11.1 Å². The molecule has 1 aliphatic rings. The summed E-state index contributed by atoms with van der Waals surface area (Å²) in [6.07, 6.45) is 0.405. The zero-order chi connectivity index (χ0) is 14.1. The lowest BCUT2D eigenvalue weighted by Crippen LogP contribution is -2.27. The number of fused-ring (bicyclic) bond motifs is 1. The fraction of sp³-hybridized carbons (Fsp3) is 0.125.